The molecule has 0 saturated carbocycles. The predicted octanol–water partition coefficient (Wildman–Crippen LogP) is 4.02. The fourth-order valence-corrected chi connectivity index (χ4v) is 2.05. The van der Waals surface area contributed by atoms with E-state index in [1.165, 1.54) is 0 Å². The van der Waals surface area contributed by atoms with Gasteiger partial charge in [-0.05, 0) is 36.4 Å². The predicted molar refractivity (Wildman–Crippen MR) is 72.2 cm³/mol. The van der Waals surface area contributed by atoms with Gasteiger partial charge in [0.1, 0.15) is 11.5 Å². The Hall–Kier alpha value is -2.00. The van der Waals surface area contributed by atoms with Crippen molar-refractivity contribution in [1.29, 1.82) is 0 Å². The van der Waals surface area contributed by atoms with Gasteiger partial charge in [0.05, 0.1) is 11.7 Å². The summed E-state index contributed by atoms with van der Waals surface area (Å²) in [7, 11) is 1.92. The Morgan fingerprint density at radius 1 is 1.11 bits per heavy atom. The van der Waals surface area contributed by atoms with E-state index in [-0.39, 0.29) is 0 Å². The van der Waals surface area contributed by atoms with Crippen molar-refractivity contribution in [2.24, 2.45) is 7.05 Å². The smallest absolute Gasteiger partial charge is 0.128 e. The van der Waals surface area contributed by atoms with Gasteiger partial charge in [-0.3, -0.25) is 4.68 Å². The van der Waals surface area contributed by atoms with Crippen molar-refractivity contribution in [3.63, 3.8) is 0 Å². The maximum atomic E-state index is 5.92. The highest BCUT2D eigenvalue weighted by Gasteiger charge is 2.03. The van der Waals surface area contributed by atoms with Gasteiger partial charge in [-0.15, -0.1) is 0 Å². The van der Waals surface area contributed by atoms with Gasteiger partial charge in [-0.2, -0.15) is 5.10 Å². The van der Waals surface area contributed by atoms with E-state index in [1.54, 1.807) is 6.07 Å². The number of fused-ring (bicyclic) bond motifs is 1. The van der Waals surface area contributed by atoms with Gasteiger partial charge >= 0.3 is 0 Å². The molecule has 0 radical (unpaired) electrons. The molecule has 0 aliphatic carbocycles. The second kappa shape index (κ2) is 4.35. The van der Waals surface area contributed by atoms with Gasteiger partial charge in [-0.25, -0.2) is 0 Å². The number of rotatable bonds is 2. The molecule has 0 bridgehead atoms. The first-order chi connectivity index (χ1) is 8.72. The van der Waals surface area contributed by atoms with Crippen molar-refractivity contribution < 1.29 is 4.74 Å². The fraction of sp³-hybridized carbons (Fsp3) is 0.0714. The number of ether oxygens (including phenoxy) is 1. The fourth-order valence-electron chi connectivity index (χ4n) is 1.87. The zero-order valence-electron chi connectivity index (χ0n) is 9.80. The highest BCUT2D eigenvalue weighted by molar-refractivity contribution is 6.30. The lowest BCUT2D eigenvalue weighted by Crippen LogP contribution is -1.88. The Morgan fingerprint density at radius 2 is 1.94 bits per heavy atom. The molecule has 0 aliphatic rings. The lowest BCUT2D eigenvalue weighted by atomic mass is 10.2. The molecule has 3 nitrogen and oxygen atoms in total. The summed E-state index contributed by atoms with van der Waals surface area (Å²) in [6, 6.07) is 13.2. The molecule has 90 valence electrons. The minimum atomic E-state index is 0.662. The Kier molecular flexibility index (Phi) is 2.68. The SMILES string of the molecule is Cn1ncc2cc(Oc3cccc(Cl)c3)ccc21. The number of halogens is 1. The first kappa shape index (κ1) is 11.1. The number of hydrogen-bond donors (Lipinski definition) is 0. The molecule has 3 rings (SSSR count). The standard InChI is InChI=1S/C14H11ClN2O/c1-17-14-6-5-13(7-10(14)9-16-17)18-12-4-2-3-11(15)8-12/h2-9H,1H3. The summed E-state index contributed by atoms with van der Waals surface area (Å²) in [6.07, 6.45) is 1.82. The quantitative estimate of drug-likeness (QED) is 0.694. The van der Waals surface area contributed by atoms with Crippen LogP contribution in [0.15, 0.2) is 48.7 Å². The van der Waals surface area contributed by atoms with Crippen molar-refractivity contribution in [2.45, 2.75) is 0 Å². The third-order valence-corrected chi connectivity index (χ3v) is 2.98. The van der Waals surface area contributed by atoms with Crippen LogP contribution in [0.4, 0.5) is 0 Å². The number of aromatic nitrogens is 2. The molecular formula is C14H11ClN2O. The number of hydrogen-bond acceptors (Lipinski definition) is 2. The average molecular weight is 259 g/mol. The Bertz CT molecular complexity index is 706. The summed E-state index contributed by atoms with van der Waals surface area (Å²) in [5.41, 5.74) is 1.08. The number of nitrogens with zero attached hydrogens (tertiary/aromatic N) is 2. The number of aryl methyl sites for hydroxylation is 1. The summed E-state index contributed by atoms with van der Waals surface area (Å²) in [6.45, 7) is 0. The van der Waals surface area contributed by atoms with Crippen molar-refractivity contribution >= 4 is 22.5 Å². The van der Waals surface area contributed by atoms with Crippen molar-refractivity contribution in [1.82, 2.24) is 9.78 Å². The summed E-state index contributed by atoms with van der Waals surface area (Å²) >= 11 is 5.92. The van der Waals surface area contributed by atoms with E-state index in [2.05, 4.69) is 5.10 Å². The molecule has 0 spiro atoms. The molecule has 0 N–H and O–H groups in total. The minimum absolute atomic E-state index is 0.662. The average Bonchev–Trinajstić information content (AvgIpc) is 2.71. The molecule has 0 fully saturated rings. The van der Waals surface area contributed by atoms with Crippen LogP contribution in [0.5, 0.6) is 11.5 Å². The second-order valence-electron chi connectivity index (χ2n) is 4.05. The third kappa shape index (κ3) is 2.05. The zero-order chi connectivity index (χ0) is 12.5. The van der Waals surface area contributed by atoms with E-state index in [4.69, 9.17) is 16.3 Å². The molecule has 2 aromatic carbocycles. The van der Waals surface area contributed by atoms with Crippen molar-refractivity contribution in [2.75, 3.05) is 0 Å². The first-order valence-corrected chi connectivity index (χ1v) is 5.95. The van der Waals surface area contributed by atoms with Crippen LogP contribution in [-0.4, -0.2) is 9.78 Å². The highest BCUT2D eigenvalue weighted by Crippen LogP contribution is 2.26. The molecule has 1 heterocycles. The third-order valence-electron chi connectivity index (χ3n) is 2.75. The van der Waals surface area contributed by atoms with E-state index >= 15 is 0 Å². The van der Waals surface area contributed by atoms with Gasteiger partial charge in [-0.1, -0.05) is 17.7 Å². The first-order valence-electron chi connectivity index (χ1n) is 5.57. The molecule has 4 heteroatoms. The second-order valence-corrected chi connectivity index (χ2v) is 4.48. The monoisotopic (exact) mass is 258 g/mol. The van der Waals surface area contributed by atoms with Crippen LogP contribution in [0.25, 0.3) is 10.9 Å². The maximum absolute atomic E-state index is 5.92. The molecule has 0 aliphatic heterocycles. The summed E-state index contributed by atoms with van der Waals surface area (Å²) in [5.74, 6) is 1.50. The normalized spacial score (nSPS) is 10.8. The molecule has 1 aromatic heterocycles. The van der Waals surface area contributed by atoms with Crippen LogP contribution in [-0.2, 0) is 7.05 Å². The van der Waals surface area contributed by atoms with E-state index in [1.807, 2.05) is 54.3 Å². The molecule has 0 atom stereocenters. The van der Waals surface area contributed by atoms with Crippen LogP contribution in [0, 0.1) is 0 Å². The van der Waals surface area contributed by atoms with Crippen LogP contribution in [0.3, 0.4) is 0 Å². The van der Waals surface area contributed by atoms with Crippen LogP contribution >= 0.6 is 11.6 Å². The Balaban J connectivity index is 1.95. The molecule has 0 saturated heterocycles. The largest absolute Gasteiger partial charge is 0.457 e. The lowest BCUT2D eigenvalue weighted by Gasteiger charge is -2.06. The summed E-state index contributed by atoms with van der Waals surface area (Å²) < 4.78 is 7.59. The van der Waals surface area contributed by atoms with E-state index in [9.17, 15) is 0 Å². The molecule has 0 unspecified atom stereocenters. The van der Waals surface area contributed by atoms with E-state index < -0.39 is 0 Å². The van der Waals surface area contributed by atoms with Gasteiger partial charge in [0.25, 0.3) is 0 Å². The minimum Gasteiger partial charge on any atom is -0.457 e. The Labute approximate surface area is 110 Å². The topological polar surface area (TPSA) is 27.1 Å². The molecule has 0 amide bonds. The number of benzene rings is 2. The van der Waals surface area contributed by atoms with Crippen LogP contribution in [0.1, 0.15) is 0 Å². The van der Waals surface area contributed by atoms with Gasteiger partial charge < -0.3 is 4.74 Å². The molecule has 18 heavy (non-hydrogen) atoms. The molecular weight excluding hydrogens is 248 g/mol. The van der Waals surface area contributed by atoms with Crippen LogP contribution in [0.2, 0.25) is 5.02 Å². The lowest BCUT2D eigenvalue weighted by molar-refractivity contribution is 0.483. The highest BCUT2D eigenvalue weighted by atomic mass is 35.5. The van der Waals surface area contributed by atoms with E-state index in [0.29, 0.717) is 5.02 Å². The maximum Gasteiger partial charge on any atom is 0.128 e. The summed E-state index contributed by atoms with van der Waals surface area (Å²) in [5, 5.41) is 5.91. The van der Waals surface area contributed by atoms with Gasteiger partial charge in [0.2, 0.25) is 0 Å². The Morgan fingerprint density at radius 3 is 2.78 bits per heavy atom. The van der Waals surface area contributed by atoms with Crippen molar-refractivity contribution in [3.05, 3.63) is 53.7 Å². The van der Waals surface area contributed by atoms with Crippen molar-refractivity contribution in [3.8, 4) is 11.5 Å². The van der Waals surface area contributed by atoms with Gasteiger partial charge in [0, 0.05) is 17.5 Å². The summed E-state index contributed by atoms with van der Waals surface area (Å²) in [4.78, 5) is 0. The van der Waals surface area contributed by atoms with Gasteiger partial charge in [0.15, 0.2) is 0 Å². The molecule has 3 aromatic rings. The zero-order valence-corrected chi connectivity index (χ0v) is 10.6. The van der Waals surface area contributed by atoms with Crippen LogP contribution < -0.4 is 4.74 Å². The van der Waals surface area contributed by atoms with E-state index in [0.717, 1.165) is 22.4 Å².